The third kappa shape index (κ3) is 4.70. The number of aromatic nitrogens is 3. The maximum absolute atomic E-state index is 14.6. The zero-order valence-electron chi connectivity index (χ0n) is 17.9. The zero-order chi connectivity index (χ0) is 22.7. The van der Waals surface area contributed by atoms with E-state index in [1.165, 1.54) is 6.20 Å². The lowest BCUT2D eigenvalue weighted by Gasteiger charge is -2.33. The van der Waals surface area contributed by atoms with Crippen molar-refractivity contribution < 1.29 is 4.39 Å². The van der Waals surface area contributed by atoms with Gasteiger partial charge >= 0.3 is 0 Å². The number of nitrogens with zero attached hydrogens (tertiary/aromatic N) is 4. The minimum atomic E-state index is -0.497. The van der Waals surface area contributed by atoms with Crippen molar-refractivity contribution in [1.82, 2.24) is 19.9 Å². The van der Waals surface area contributed by atoms with Gasteiger partial charge in [-0.1, -0.05) is 37.2 Å². The second-order valence-corrected chi connectivity index (χ2v) is 7.93. The van der Waals surface area contributed by atoms with Crippen molar-refractivity contribution in [2.45, 2.75) is 26.3 Å². The molecule has 5 nitrogen and oxygen atoms in total. The van der Waals surface area contributed by atoms with E-state index >= 15 is 0 Å². The molecule has 1 aliphatic rings. The van der Waals surface area contributed by atoms with Gasteiger partial charge in [-0.05, 0) is 55.3 Å². The number of hydrogen-bond donors (Lipinski definition) is 1. The van der Waals surface area contributed by atoms with E-state index < -0.39 is 5.82 Å². The fourth-order valence-corrected chi connectivity index (χ4v) is 3.80. The zero-order valence-corrected chi connectivity index (χ0v) is 18.6. The summed E-state index contributed by atoms with van der Waals surface area (Å²) in [4.78, 5) is 14.7. The maximum Gasteiger partial charge on any atom is 0.227 e. The minimum absolute atomic E-state index is 0.0937. The fourth-order valence-electron chi connectivity index (χ4n) is 3.67. The summed E-state index contributed by atoms with van der Waals surface area (Å²) in [7, 11) is 0. The molecule has 1 aliphatic heterocycles. The number of anilines is 2. The van der Waals surface area contributed by atoms with E-state index in [9.17, 15) is 4.39 Å². The molecule has 2 aromatic heterocycles. The maximum atomic E-state index is 14.6. The van der Waals surface area contributed by atoms with Crippen LogP contribution >= 0.6 is 11.6 Å². The lowest BCUT2D eigenvalue weighted by atomic mass is 10.00. The van der Waals surface area contributed by atoms with Gasteiger partial charge in [0.1, 0.15) is 5.69 Å². The molecule has 4 rings (SSSR count). The average Bonchev–Trinajstić information content (AvgIpc) is 2.78. The molecule has 3 heterocycles. The van der Waals surface area contributed by atoms with E-state index in [1.54, 1.807) is 12.3 Å². The molecular weight excluding hydrogens is 425 g/mol. The average molecular weight is 448 g/mol. The monoisotopic (exact) mass is 447 g/mol. The molecule has 0 fully saturated rings. The Kier molecular flexibility index (Phi) is 6.32. The number of rotatable bonds is 6. The summed E-state index contributed by atoms with van der Waals surface area (Å²) in [6, 6.07) is 11.6. The molecule has 0 aliphatic carbocycles. The summed E-state index contributed by atoms with van der Waals surface area (Å²) in [5.74, 6) is -0.190. The Bertz CT molecular complexity index is 1200. The summed E-state index contributed by atoms with van der Waals surface area (Å²) in [5.41, 5.74) is 4.37. The number of hydrogen-bond acceptors (Lipinski definition) is 5. The second kappa shape index (κ2) is 9.32. The van der Waals surface area contributed by atoms with Crippen molar-refractivity contribution in [3.63, 3.8) is 0 Å². The highest BCUT2D eigenvalue weighted by atomic mass is 35.5. The van der Waals surface area contributed by atoms with E-state index in [2.05, 4.69) is 38.7 Å². The molecule has 0 saturated carbocycles. The van der Waals surface area contributed by atoms with Crippen molar-refractivity contribution in [1.29, 1.82) is 0 Å². The van der Waals surface area contributed by atoms with E-state index in [-0.39, 0.29) is 11.7 Å². The number of allylic oxidation sites excluding steroid dienone is 3. The van der Waals surface area contributed by atoms with Gasteiger partial charge in [0.05, 0.1) is 12.2 Å². The SMILES string of the molecule is C=C1C=C(c2nc(Nc3ccnc(C)c3)ncc2F)C=CN1C(CC)c1ccc(Cl)cc1. The van der Waals surface area contributed by atoms with Crippen LogP contribution in [0.4, 0.5) is 16.0 Å². The van der Waals surface area contributed by atoms with Gasteiger partial charge < -0.3 is 10.2 Å². The van der Waals surface area contributed by atoms with Crippen LogP contribution in [0.5, 0.6) is 0 Å². The molecule has 1 aromatic carbocycles. The molecule has 0 bridgehead atoms. The molecule has 7 heteroatoms. The van der Waals surface area contributed by atoms with E-state index in [1.807, 2.05) is 55.6 Å². The lowest BCUT2D eigenvalue weighted by Crippen LogP contribution is -2.23. The molecule has 1 atom stereocenters. The van der Waals surface area contributed by atoms with Gasteiger partial charge in [0.15, 0.2) is 5.82 Å². The topological polar surface area (TPSA) is 53.9 Å². The largest absolute Gasteiger partial charge is 0.341 e. The van der Waals surface area contributed by atoms with E-state index in [0.29, 0.717) is 16.5 Å². The summed E-state index contributed by atoms with van der Waals surface area (Å²) in [6.07, 6.45) is 9.34. The molecule has 0 saturated heterocycles. The van der Waals surface area contributed by atoms with Crippen LogP contribution < -0.4 is 5.32 Å². The smallest absolute Gasteiger partial charge is 0.227 e. The predicted octanol–water partition coefficient (Wildman–Crippen LogP) is 6.59. The third-order valence-corrected chi connectivity index (χ3v) is 5.47. The molecule has 1 unspecified atom stereocenters. The third-order valence-electron chi connectivity index (χ3n) is 5.22. The molecular formula is C25H23ClFN5. The highest BCUT2D eigenvalue weighted by Crippen LogP contribution is 2.34. The Morgan fingerprint density at radius 1 is 1.19 bits per heavy atom. The second-order valence-electron chi connectivity index (χ2n) is 7.49. The number of pyridine rings is 1. The van der Waals surface area contributed by atoms with Crippen molar-refractivity contribution in [2.75, 3.05) is 5.32 Å². The Morgan fingerprint density at radius 2 is 1.97 bits per heavy atom. The summed E-state index contributed by atoms with van der Waals surface area (Å²) < 4.78 is 14.6. The van der Waals surface area contributed by atoms with Gasteiger partial charge in [-0.2, -0.15) is 0 Å². The van der Waals surface area contributed by atoms with Crippen molar-refractivity contribution in [3.8, 4) is 0 Å². The van der Waals surface area contributed by atoms with Crippen LogP contribution in [0.1, 0.15) is 36.3 Å². The van der Waals surface area contributed by atoms with Gasteiger partial charge in [0.25, 0.3) is 0 Å². The predicted molar refractivity (Wildman–Crippen MR) is 127 cm³/mol. The minimum Gasteiger partial charge on any atom is -0.341 e. The van der Waals surface area contributed by atoms with Crippen molar-refractivity contribution in [3.05, 3.63) is 107 Å². The molecule has 32 heavy (non-hydrogen) atoms. The quantitative estimate of drug-likeness (QED) is 0.461. The summed E-state index contributed by atoms with van der Waals surface area (Å²) >= 11 is 6.04. The first-order chi connectivity index (χ1) is 15.4. The Morgan fingerprint density at radius 3 is 2.66 bits per heavy atom. The van der Waals surface area contributed by atoms with Crippen molar-refractivity contribution in [2.24, 2.45) is 0 Å². The molecule has 0 amide bonds. The van der Waals surface area contributed by atoms with Gasteiger partial charge in [0.2, 0.25) is 5.95 Å². The van der Waals surface area contributed by atoms with Gasteiger partial charge in [-0.15, -0.1) is 0 Å². The first-order valence-electron chi connectivity index (χ1n) is 10.3. The first kappa shape index (κ1) is 21.7. The molecule has 162 valence electrons. The first-order valence-corrected chi connectivity index (χ1v) is 10.7. The van der Waals surface area contributed by atoms with E-state index in [0.717, 1.165) is 29.1 Å². The molecule has 1 N–H and O–H groups in total. The number of nitrogens with one attached hydrogen (secondary N) is 1. The number of aryl methyl sites for hydroxylation is 1. The van der Waals surface area contributed by atoms with Crippen LogP contribution in [-0.2, 0) is 0 Å². The van der Waals surface area contributed by atoms with Gasteiger partial charge in [-0.25, -0.2) is 14.4 Å². The van der Waals surface area contributed by atoms with Crippen LogP contribution in [0, 0.1) is 12.7 Å². The van der Waals surface area contributed by atoms with Crippen LogP contribution in [0.3, 0.4) is 0 Å². The number of benzene rings is 1. The fraction of sp³-hybridized carbons (Fsp3) is 0.160. The lowest BCUT2D eigenvalue weighted by molar-refractivity contribution is 0.345. The molecule has 0 spiro atoms. The van der Waals surface area contributed by atoms with Crippen LogP contribution in [0.15, 0.2) is 79.4 Å². The van der Waals surface area contributed by atoms with Gasteiger partial charge in [0, 0.05) is 40.1 Å². The normalized spacial score (nSPS) is 14.3. The Labute approximate surface area is 192 Å². The Hall–Kier alpha value is -3.51. The van der Waals surface area contributed by atoms with Crippen LogP contribution in [0.2, 0.25) is 5.02 Å². The highest BCUT2D eigenvalue weighted by molar-refractivity contribution is 6.30. The van der Waals surface area contributed by atoms with Gasteiger partial charge in [-0.3, -0.25) is 4.98 Å². The highest BCUT2D eigenvalue weighted by Gasteiger charge is 2.22. The summed E-state index contributed by atoms with van der Waals surface area (Å²) in [5, 5.41) is 3.80. The Balaban J connectivity index is 1.58. The van der Waals surface area contributed by atoms with Crippen LogP contribution in [-0.4, -0.2) is 19.9 Å². The van der Waals surface area contributed by atoms with Crippen LogP contribution in [0.25, 0.3) is 5.57 Å². The molecule has 3 aromatic rings. The molecule has 0 radical (unpaired) electrons. The van der Waals surface area contributed by atoms with Crippen molar-refractivity contribution >= 4 is 28.8 Å². The standard InChI is InChI=1S/C25H23ClFN5/c1-4-23(18-5-7-20(26)8-6-18)32-12-10-19(14-17(32)3)24-22(27)15-29-25(31-24)30-21-9-11-28-16(2)13-21/h5-15,23H,3-4H2,1-2H3,(H,28,29,30,31). The number of halogens is 2. The summed E-state index contributed by atoms with van der Waals surface area (Å²) in [6.45, 7) is 8.20. The van der Waals surface area contributed by atoms with E-state index in [4.69, 9.17) is 11.6 Å².